The first-order chi connectivity index (χ1) is 17.4. The van der Waals surface area contributed by atoms with Crippen LogP contribution in [0, 0.1) is 23.7 Å². The molecule has 3 aliphatic rings. The van der Waals surface area contributed by atoms with Gasteiger partial charge in [0, 0.05) is 23.0 Å². The van der Waals surface area contributed by atoms with Gasteiger partial charge in [0.2, 0.25) is 11.8 Å². The molecule has 0 saturated heterocycles. The lowest BCUT2D eigenvalue weighted by Crippen LogP contribution is -2.31. The van der Waals surface area contributed by atoms with Crippen molar-refractivity contribution in [2.75, 3.05) is 23.7 Å². The van der Waals surface area contributed by atoms with Crippen molar-refractivity contribution in [2.24, 2.45) is 35.1 Å². The molecular weight excluding hydrogens is 456 g/mol. The van der Waals surface area contributed by atoms with Crippen LogP contribution in [0.3, 0.4) is 0 Å². The SMILES string of the molecule is NCCC(C(=O)Nc1ccc(NC(=O)C(CCN)C2CC2)c2c1C(=O)c1ccccc1C2=O)C1CC1. The maximum Gasteiger partial charge on any atom is 0.227 e. The molecule has 188 valence electrons. The lowest BCUT2D eigenvalue weighted by molar-refractivity contribution is -0.121. The van der Waals surface area contributed by atoms with Gasteiger partial charge in [-0.05, 0) is 75.6 Å². The molecule has 5 rings (SSSR count). The van der Waals surface area contributed by atoms with Crippen molar-refractivity contribution >= 4 is 34.8 Å². The lowest BCUT2D eigenvalue weighted by atomic mass is 9.82. The molecule has 2 aromatic carbocycles. The summed E-state index contributed by atoms with van der Waals surface area (Å²) >= 11 is 0. The minimum atomic E-state index is -0.353. The molecule has 3 aliphatic carbocycles. The molecule has 2 amide bonds. The van der Waals surface area contributed by atoms with Crippen LogP contribution in [-0.4, -0.2) is 36.5 Å². The first kappa shape index (κ1) is 24.3. The molecule has 2 unspecified atom stereocenters. The van der Waals surface area contributed by atoms with Gasteiger partial charge in [-0.3, -0.25) is 19.2 Å². The highest BCUT2D eigenvalue weighted by molar-refractivity contribution is 6.32. The van der Waals surface area contributed by atoms with Crippen molar-refractivity contribution in [3.63, 3.8) is 0 Å². The number of carbonyl (C=O) groups excluding carboxylic acids is 4. The van der Waals surface area contributed by atoms with E-state index in [9.17, 15) is 19.2 Å². The van der Waals surface area contributed by atoms with Gasteiger partial charge in [-0.2, -0.15) is 0 Å². The highest BCUT2D eigenvalue weighted by atomic mass is 16.2. The highest BCUT2D eigenvalue weighted by Gasteiger charge is 2.39. The molecule has 0 bridgehead atoms. The van der Waals surface area contributed by atoms with Crippen LogP contribution in [0.15, 0.2) is 36.4 Å². The number of amides is 2. The summed E-state index contributed by atoms with van der Waals surface area (Å²) in [5.74, 6) is -0.978. The number of hydrogen-bond acceptors (Lipinski definition) is 6. The Labute approximate surface area is 210 Å². The van der Waals surface area contributed by atoms with Crippen LogP contribution >= 0.6 is 0 Å². The molecule has 0 aliphatic heterocycles. The smallest absolute Gasteiger partial charge is 0.227 e. The van der Waals surface area contributed by atoms with Crippen LogP contribution < -0.4 is 22.1 Å². The van der Waals surface area contributed by atoms with Crippen molar-refractivity contribution in [1.29, 1.82) is 0 Å². The van der Waals surface area contributed by atoms with Gasteiger partial charge in [0.1, 0.15) is 0 Å². The number of benzene rings is 2. The molecule has 0 aromatic heterocycles. The van der Waals surface area contributed by atoms with Gasteiger partial charge in [-0.15, -0.1) is 0 Å². The minimum absolute atomic E-state index is 0.119. The monoisotopic (exact) mass is 488 g/mol. The first-order valence-corrected chi connectivity index (χ1v) is 12.8. The molecule has 0 spiro atoms. The summed E-state index contributed by atoms with van der Waals surface area (Å²) in [6, 6.07) is 9.84. The Morgan fingerprint density at radius 1 is 0.722 bits per heavy atom. The maximum absolute atomic E-state index is 13.6. The van der Waals surface area contributed by atoms with Crippen molar-refractivity contribution in [3.8, 4) is 0 Å². The Balaban J connectivity index is 1.53. The van der Waals surface area contributed by atoms with Crippen molar-refractivity contribution in [3.05, 3.63) is 58.7 Å². The number of hydrogen-bond donors (Lipinski definition) is 4. The van der Waals surface area contributed by atoms with Crippen LogP contribution in [0.2, 0.25) is 0 Å². The van der Waals surface area contributed by atoms with Gasteiger partial charge in [0.05, 0.1) is 22.5 Å². The fourth-order valence-corrected chi connectivity index (χ4v) is 5.40. The Morgan fingerprint density at radius 2 is 1.11 bits per heavy atom. The average Bonchev–Trinajstić information content (AvgIpc) is 3.79. The fourth-order valence-electron chi connectivity index (χ4n) is 5.40. The van der Waals surface area contributed by atoms with Crippen LogP contribution in [-0.2, 0) is 9.59 Å². The van der Waals surface area contributed by atoms with E-state index in [4.69, 9.17) is 11.5 Å². The second-order valence-corrected chi connectivity index (χ2v) is 10.1. The Kier molecular flexibility index (Phi) is 6.73. The lowest BCUT2D eigenvalue weighted by Gasteiger charge is -2.25. The molecular formula is C28H32N4O4. The van der Waals surface area contributed by atoms with Crippen LogP contribution in [0.1, 0.15) is 70.4 Å². The summed E-state index contributed by atoms with van der Waals surface area (Å²) in [7, 11) is 0. The number of nitrogens with one attached hydrogen (secondary N) is 2. The van der Waals surface area contributed by atoms with Crippen molar-refractivity contribution < 1.29 is 19.2 Å². The summed E-state index contributed by atoms with van der Waals surface area (Å²) < 4.78 is 0. The number of carbonyl (C=O) groups is 4. The third-order valence-electron chi connectivity index (χ3n) is 7.60. The number of rotatable bonds is 10. The van der Waals surface area contributed by atoms with Crippen LogP contribution in [0.25, 0.3) is 0 Å². The summed E-state index contributed by atoms with van der Waals surface area (Å²) in [6.07, 6.45) is 5.06. The number of nitrogens with two attached hydrogens (primary N) is 2. The molecule has 36 heavy (non-hydrogen) atoms. The van der Waals surface area contributed by atoms with E-state index in [1.54, 1.807) is 36.4 Å². The molecule has 0 heterocycles. The Hall–Kier alpha value is -3.36. The molecule has 2 saturated carbocycles. The third-order valence-corrected chi connectivity index (χ3v) is 7.60. The van der Waals surface area contributed by atoms with Crippen molar-refractivity contribution in [1.82, 2.24) is 0 Å². The predicted molar refractivity (Wildman–Crippen MR) is 137 cm³/mol. The first-order valence-electron chi connectivity index (χ1n) is 12.8. The topological polar surface area (TPSA) is 144 Å². The van der Waals surface area contributed by atoms with E-state index in [0.29, 0.717) is 37.8 Å². The average molecular weight is 489 g/mol. The van der Waals surface area contributed by atoms with Gasteiger partial charge in [-0.25, -0.2) is 0 Å². The van der Waals surface area contributed by atoms with E-state index in [1.807, 2.05) is 0 Å². The third kappa shape index (κ3) is 4.58. The zero-order valence-corrected chi connectivity index (χ0v) is 20.2. The molecule has 0 radical (unpaired) electrons. The maximum atomic E-state index is 13.6. The van der Waals surface area contributed by atoms with E-state index < -0.39 is 0 Å². The summed E-state index contributed by atoms with van der Waals surface area (Å²) in [5, 5.41) is 5.83. The van der Waals surface area contributed by atoms with E-state index >= 15 is 0 Å². The normalized spacial score (nSPS) is 18.2. The Bertz CT molecular complexity index is 1140. The van der Waals surface area contributed by atoms with Gasteiger partial charge >= 0.3 is 0 Å². The molecule has 8 heteroatoms. The van der Waals surface area contributed by atoms with E-state index in [-0.39, 0.29) is 68.8 Å². The van der Waals surface area contributed by atoms with Gasteiger partial charge in [0.15, 0.2) is 11.6 Å². The quantitative estimate of drug-likeness (QED) is 0.345. The van der Waals surface area contributed by atoms with Gasteiger partial charge in [-0.1, -0.05) is 24.3 Å². The van der Waals surface area contributed by atoms with E-state index in [2.05, 4.69) is 10.6 Å². The molecule has 2 fully saturated rings. The predicted octanol–water partition coefficient (Wildman–Crippen LogP) is 3.09. The largest absolute Gasteiger partial charge is 0.330 e. The highest BCUT2D eigenvalue weighted by Crippen LogP contribution is 2.42. The molecule has 8 nitrogen and oxygen atoms in total. The van der Waals surface area contributed by atoms with Crippen molar-refractivity contribution in [2.45, 2.75) is 38.5 Å². The summed E-state index contributed by atoms with van der Waals surface area (Å²) in [4.78, 5) is 53.6. The summed E-state index contributed by atoms with van der Waals surface area (Å²) in [6.45, 7) is 0.792. The van der Waals surface area contributed by atoms with E-state index in [0.717, 1.165) is 25.7 Å². The zero-order valence-electron chi connectivity index (χ0n) is 20.2. The Morgan fingerprint density at radius 3 is 1.44 bits per heavy atom. The van der Waals surface area contributed by atoms with Crippen LogP contribution in [0.5, 0.6) is 0 Å². The minimum Gasteiger partial charge on any atom is -0.330 e. The fraction of sp³-hybridized carbons (Fsp3) is 0.429. The second kappa shape index (κ2) is 9.95. The van der Waals surface area contributed by atoms with E-state index in [1.165, 1.54) is 0 Å². The zero-order chi connectivity index (χ0) is 25.4. The number of ketones is 2. The standard InChI is InChI=1S/C28H32N4O4/c29-13-11-17(15-5-6-15)27(35)31-21-9-10-22(32-28(36)18(12-14-30)16-7-8-16)24-23(21)25(33)19-3-1-2-4-20(19)26(24)34/h1-4,9-10,15-18H,5-8,11-14,29-30H2,(H,31,35)(H,32,36). The molecule has 2 aromatic rings. The molecule has 6 N–H and O–H groups in total. The van der Waals surface area contributed by atoms with Crippen LogP contribution in [0.4, 0.5) is 11.4 Å². The second-order valence-electron chi connectivity index (χ2n) is 10.1. The summed E-state index contributed by atoms with van der Waals surface area (Å²) in [5.41, 5.74) is 12.9. The number of fused-ring (bicyclic) bond motifs is 2. The van der Waals surface area contributed by atoms with Gasteiger partial charge < -0.3 is 22.1 Å². The number of anilines is 2. The molecule has 2 atom stereocenters. The van der Waals surface area contributed by atoms with Gasteiger partial charge in [0.25, 0.3) is 0 Å².